The predicted octanol–water partition coefficient (Wildman–Crippen LogP) is 2.25. The Morgan fingerprint density at radius 3 is 2.52 bits per heavy atom. The molecular weight excluding hydrogens is 316 g/mol. The second-order valence-electron chi connectivity index (χ2n) is 6.13. The van der Waals surface area contributed by atoms with Crippen LogP contribution in [0.2, 0.25) is 0 Å². The van der Waals surface area contributed by atoms with Gasteiger partial charge in [0.15, 0.2) is 0 Å². The number of amides is 1. The van der Waals surface area contributed by atoms with Gasteiger partial charge in [-0.2, -0.15) is 0 Å². The molecule has 2 aromatic rings. The van der Waals surface area contributed by atoms with Crippen molar-refractivity contribution in [2.75, 3.05) is 31.6 Å². The van der Waals surface area contributed by atoms with Gasteiger partial charge in [-0.1, -0.05) is 48.5 Å². The molecule has 1 aliphatic rings. The molecule has 0 fully saturated rings. The van der Waals surface area contributed by atoms with Gasteiger partial charge in [0.05, 0.1) is 20.2 Å². The second kappa shape index (κ2) is 7.94. The number of benzene rings is 2. The number of carbonyl (C=O) groups excluding carboxylic acids is 2. The average molecular weight is 338 g/mol. The predicted molar refractivity (Wildman–Crippen MR) is 96.2 cm³/mol. The van der Waals surface area contributed by atoms with Crippen molar-refractivity contribution in [3.8, 4) is 0 Å². The average Bonchev–Trinajstić information content (AvgIpc) is 3.06. The lowest BCUT2D eigenvalue weighted by molar-refractivity contribution is -0.142. The Balaban J connectivity index is 1.71. The summed E-state index contributed by atoms with van der Waals surface area (Å²) in [7, 11) is 1.36. The van der Waals surface area contributed by atoms with Crippen molar-refractivity contribution in [3.63, 3.8) is 0 Å². The number of para-hydroxylation sites is 1. The first-order valence-corrected chi connectivity index (χ1v) is 8.38. The van der Waals surface area contributed by atoms with Crippen LogP contribution in [0, 0.1) is 0 Å². The minimum atomic E-state index is -0.342. The molecule has 0 radical (unpaired) electrons. The number of hydrogen-bond acceptors (Lipinski definition) is 4. The van der Waals surface area contributed by atoms with Gasteiger partial charge in [-0.3, -0.25) is 14.5 Å². The molecule has 0 saturated heterocycles. The summed E-state index contributed by atoms with van der Waals surface area (Å²) < 4.78 is 4.78. The summed E-state index contributed by atoms with van der Waals surface area (Å²) in [5.41, 5.74) is 3.23. The summed E-state index contributed by atoms with van der Waals surface area (Å²) in [4.78, 5) is 28.2. The molecule has 0 atom stereocenters. The van der Waals surface area contributed by atoms with E-state index in [0.29, 0.717) is 13.1 Å². The zero-order valence-corrected chi connectivity index (χ0v) is 14.4. The molecule has 1 aliphatic heterocycles. The maximum atomic E-state index is 12.8. The molecule has 0 aromatic heterocycles. The summed E-state index contributed by atoms with van der Waals surface area (Å²) in [5, 5.41) is 0. The van der Waals surface area contributed by atoms with Gasteiger partial charge in [0, 0.05) is 18.8 Å². The van der Waals surface area contributed by atoms with Crippen molar-refractivity contribution < 1.29 is 14.3 Å². The zero-order chi connectivity index (χ0) is 17.6. The van der Waals surface area contributed by atoms with E-state index in [1.54, 1.807) is 0 Å². The van der Waals surface area contributed by atoms with Crippen molar-refractivity contribution in [3.05, 3.63) is 65.7 Å². The quantitative estimate of drug-likeness (QED) is 0.758. The Morgan fingerprint density at radius 1 is 1.04 bits per heavy atom. The molecule has 0 spiro atoms. The molecule has 0 aliphatic carbocycles. The van der Waals surface area contributed by atoms with E-state index in [0.717, 1.165) is 17.7 Å². The van der Waals surface area contributed by atoms with E-state index in [1.807, 2.05) is 58.3 Å². The number of hydrogen-bond donors (Lipinski definition) is 0. The number of carbonyl (C=O) groups is 2. The first-order chi connectivity index (χ1) is 12.2. The van der Waals surface area contributed by atoms with Crippen LogP contribution in [-0.2, 0) is 27.3 Å². The van der Waals surface area contributed by atoms with E-state index < -0.39 is 0 Å². The van der Waals surface area contributed by atoms with Crippen LogP contribution in [0.15, 0.2) is 54.6 Å². The van der Waals surface area contributed by atoms with Gasteiger partial charge < -0.3 is 9.64 Å². The third kappa shape index (κ3) is 4.25. The highest BCUT2D eigenvalue weighted by Gasteiger charge is 2.26. The van der Waals surface area contributed by atoms with Crippen molar-refractivity contribution in [2.45, 2.75) is 13.0 Å². The third-order valence-electron chi connectivity index (χ3n) is 4.38. The van der Waals surface area contributed by atoms with E-state index in [2.05, 4.69) is 6.07 Å². The number of nitrogens with zero attached hydrogens (tertiary/aromatic N) is 2. The largest absolute Gasteiger partial charge is 0.468 e. The van der Waals surface area contributed by atoms with E-state index in [1.165, 1.54) is 12.7 Å². The first kappa shape index (κ1) is 17.2. The molecule has 0 saturated carbocycles. The third-order valence-corrected chi connectivity index (χ3v) is 4.38. The van der Waals surface area contributed by atoms with Crippen molar-refractivity contribution >= 4 is 17.6 Å². The van der Waals surface area contributed by atoms with Crippen LogP contribution in [-0.4, -0.2) is 43.5 Å². The normalized spacial score (nSPS) is 13.0. The number of anilines is 1. The van der Waals surface area contributed by atoms with Gasteiger partial charge in [-0.05, 0) is 23.6 Å². The number of ether oxygens (including phenoxy) is 1. The van der Waals surface area contributed by atoms with E-state index >= 15 is 0 Å². The topological polar surface area (TPSA) is 49.9 Å². The number of fused-ring (bicyclic) bond motifs is 1. The van der Waals surface area contributed by atoms with Gasteiger partial charge in [0.25, 0.3) is 0 Å². The number of esters is 1. The molecule has 2 aromatic carbocycles. The summed E-state index contributed by atoms with van der Waals surface area (Å²) in [5.74, 6) is -0.338. The van der Waals surface area contributed by atoms with Gasteiger partial charge in [-0.25, -0.2) is 0 Å². The molecule has 3 rings (SSSR count). The Hall–Kier alpha value is -2.66. The fourth-order valence-electron chi connectivity index (χ4n) is 3.13. The van der Waals surface area contributed by atoms with Crippen LogP contribution >= 0.6 is 0 Å². The fourth-order valence-corrected chi connectivity index (χ4v) is 3.13. The minimum absolute atomic E-state index is 0.00443. The van der Waals surface area contributed by atoms with Crippen molar-refractivity contribution in [1.82, 2.24) is 4.90 Å². The zero-order valence-electron chi connectivity index (χ0n) is 14.4. The molecule has 0 N–H and O–H groups in total. The van der Waals surface area contributed by atoms with Gasteiger partial charge in [-0.15, -0.1) is 0 Å². The highest BCUT2D eigenvalue weighted by molar-refractivity contribution is 5.97. The highest BCUT2D eigenvalue weighted by Crippen LogP contribution is 2.27. The highest BCUT2D eigenvalue weighted by atomic mass is 16.5. The van der Waals surface area contributed by atoms with Gasteiger partial charge in [0.1, 0.15) is 0 Å². The molecule has 0 unspecified atom stereocenters. The van der Waals surface area contributed by atoms with E-state index in [-0.39, 0.29) is 25.0 Å². The lowest BCUT2D eigenvalue weighted by atomic mass is 10.2. The number of methoxy groups -OCH3 is 1. The molecule has 1 heterocycles. The lowest BCUT2D eigenvalue weighted by Gasteiger charge is -2.24. The molecular formula is C20H22N2O3. The Labute approximate surface area is 147 Å². The summed E-state index contributed by atoms with van der Waals surface area (Å²) in [6.07, 6.45) is 0.873. The standard InChI is InChI=1S/C20H22N2O3/c1-25-20(24)15-21(13-16-7-3-2-4-8-16)14-19(23)22-12-11-17-9-5-6-10-18(17)22/h2-10H,11-15H2,1H3. The smallest absolute Gasteiger partial charge is 0.319 e. The maximum absolute atomic E-state index is 12.8. The van der Waals surface area contributed by atoms with Gasteiger partial charge in [0.2, 0.25) is 5.91 Å². The Bertz CT molecular complexity index is 746. The lowest BCUT2D eigenvalue weighted by Crippen LogP contribution is -2.41. The van der Waals surface area contributed by atoms with Gasteiger partial charge >= 0.3 is 5.97 Å². The molecule has 5 heteroatoms. The van der Waals surface area contributed by atoms with Crippen LogP contribution in [0.1, 0.15) is 11.1 Å². The van der Waals surface area contributed by atoms with Crippen molar-refractivity contribution in [2.24, 2.45) is 0 Å². The molecule has 25 heavy (non-hydrogen) atoms. The summed E-state index contributed by atoms with van der Waals surface area (Å²) in [6, 6.07) is 17.8. The fraction of sp³-hybridized carbons (Fsp3) is 0.300. The molecule has 130 valence electrons. The Kier molecular flexibility index (Phi) is 5.46. The molecule has 1 amide bonds. The van der Waals surface area contributed by atoms with Crippen LogP contribution in [0.3, 0.4) is 0 Å². The Morgan fingerprint density at radius 2 is 1.76 bits per heavy atom. The van der Waals surface area contributed by atoms with Crippen LogP contribution in [0.25, 0.3) is 0 Å². The second-order valence-corrected chi connectivity index (χ2v) is 6.13. The summed E-state index contributed by atoms with van der Waals surface area (Å²) in [6.45, 7) is 1.48. The van der Waals surface area contributed by atoms with E-state index in [9.17, 15) is 9.59 Å². The monoisotopic (exact) mass is 338 g/mol. The summed E-state index contributed by atoms with van der Waals surface area (Å²) >= 11 is 0. The molecule has 5 nitrogen and oxygen atoms in total. The maximum Gasteiger partial charge on any atom is 0.319 e. The van der Waals surface area contributed by atoms with Crippen molar-refractivity contribution in [1.29, 1.82) is 0 Å². The number of rotatable bonds is 6. The van der Waals surface area contributed by atoms with Crippen LogP contribution in [0.5, 0.6) is 0 Å². The van der Waals surface area contributed by atoms with E-state index in [4.69, 9.17) is 4.74 Å². The first-order valence-electron chi connectivity index (χ1n) is 8.38. The van der Waals surface area contributed by atoms with Crippen LogP contribution < -0.4 is 4.90 Å². The molecule has 0 bridgehead atoms. The minimum Gasteiger partial charge on any atom is -0.468 e. The van der Waals surface area contributed by atoms with Crippen LogP contribution in [0.4, 0.5) is 5.69 Å². The SMILES string of the molecule is COC(=O)CN(CC(=O)N1CCc2ccccc21)Cc1ccccc1.